The number of halogens is 1. The maximum Gasteiger partial charge on any atom is 0.261 e. The van der Waals surface area contributed by atoms with Crippen LogP contribution in [0.4, 0.5) is 10.1 Å². The molecule has 1 heterocycles. The van der Waals surface area contributed by atoms with E-state index in [0.29, 0.717) is 16.9 Å². The molecule has 0 amide bonds. The average molecular weight is 436 g/mol. The van der Waals surface area contributed by atoms with Crippen LogP contribution in [0.1, 0.15) is 12.5 Å². The third kappa shape index (κ3) is 4.60. The van der Waals surface area contributed by atoms with Crippen LogP contribution >= 0.6 is 0 Å². The Kier molecular flexibility index (Phi) is 5.67. The molecular formula is C19H18FN3O4S2. The molecule has 0 bridgehead atoms. The Labute approximate surface area is 168 Å². The van der Waals surface area contributed by atoms with Gasteiger partial charge in [-0.3, -0.25) is 4.72 Å². The van der Waals surface area contributed by atoms with Gasteiger partial charge in [0.25, 0.3) is 10.0 Å². The summed E-state index contributed by atoms with van der Waals surface area (Å²) in [4.78, 5) is -0.0425. The van der Waals surface area contributed by atoms with Crippen molar-refractivity contribution in [2.45, 2.75) is 23.8 Å². The number of sulfone groups is 1. The molecule has 0 aliphatic rings. The summed E-state index contributed by atoms with van der Waals surface area (Å²) in [7, 11) is -7.30. The second-order valence-corrected chi connectivity index (χ2v) is 10.2. The van der Waals surface area contributed by atoms with Crippen molar-refractivity contribution < 1.29 is 21.2 Å². The summed E-state index contributed by atoms with van der Waals surface area (Å²) in [5.74, 6) is -0.545. The van der Waals surface area contributed by atoms with Crippen molar-refractivity contribution in [2.75, 3.05) is 10.5 Å². The molecule has 1 aromatic heterocycles. The van der Waals surface area contributed by atoms with E-state index >= 15 is 0 Å². The average Bonchev–Trinajstić information content (AvgIpc) is 2.70. The zero-order valence-corrected chi connectivity index (χ0v) is 17.3. The Balaban J connectivity index is 1.80. The molecule has 0 fully saturated rings. The summed E-state index contributed by atoms with van der Waals surface area (Å²) in [5.41, 5.74) is 1.63. The standard InChI is InChI=1S/C19H18FN3O4S2/c1-3-28(24,25)19-11-10-18(21-22-19)14-4-6-15(7-5-14)23-29(26,27)16-8-9-17(20)13(2)12-16/h4-12,23H,3H2,1-2H3. The van der Waals surface area contributed by atoms with E-state index in [1.54, 1.807) is 24.3 Å². The summed E-state index contributed by atoms with van der Waals surface area (Å²) in [6, 6.07) is 12.8. The van der Waals surface area contributed by atoms with Crippen LogP contribution in [0.3, 0.4) is 0 Å². The molecule has 0 atom stereocenters. The van der Waals surface area contributed by atoms with Gasteiger partial charge in [-0.2, -0.15) is 0 Å². The summed E-state index contributed by atoms with van der Waals surface area (Å²) in [6.07, 6.45) is 0. The molecular weight excluding hydrogens is 417 g/mol. The number of nitrogens with one attached hydrogen (secondary N) is 1. The lowest BCUT2D eigenvalue weighted by Crippen LogP contribution is -2.13. The molecule has 29 heavy (non-hydrogen) atoms. The zero-order valence-electron chi connectivity index (χ0n) is 15.6. The Morgan fingerprint density at radius 1 is 0.931 bits per heavy atom. The number of aryl methyl sites for hydroxylation is 1. The molecule has 0 spiro atoms. The lowest BCUT2D eigenvalue weighted by Gasteiger charge is -2.10. The van der Waals surface area contributed by atoms with Gasteiger partial charge >= 0.3 is 0 Å². The van der Waals surface area contributed by atoms with Crippen molar-refractivity contribution >= 4 is 25.5 Å². The number of hydrogen-bond donors (Lipinski definition) is 1. The number of anilines is 1. The number of hydrogen-bond acceptors (Lipinski definition) is 6. The lowest BCUT2D eigenvalue weighted by atomic mass is 10.1. The van der Waals surface area contributed by atoms with E-state index in [1.165, 1.54) is 38.1 Å². The van der Waals surface area contributed by atoms with Crippen molar-refractivity contribution in [2.24, 2.45) is 0 Å². The van der Waals surface area contributed by atoms with E-state index in [2.05, 4.69) is 14.9 Å². The topological polar surface area (TPSA) is 106 Å². The zero-order chi connectivity index (χ0) is 21.2. The molecule has 0 aliphatic carbocycles. The molecule has 0 unspecified atom stereocenters. The molecule has 2 aromatic carbocycles. The summed E-state index contributed by atoms with van der Waals surface area (Å²) in [6.45, 7) is 3.01. The van der Waals surface area contributed by atoms with Gasteiger partial charge in [0.05, 0.1) is 16.3 Å². The van der Waals surface area contributed by atoms with Gasteiger partial charge in [0.2, 0.25) is 0 Å². The number of aromatic nitrogens is 2. The second kappa shape index (κ2) is 7.88. The van der Waals surface area contributed by atoms with Crippen LogP contribution in [0.25, 0.3) is 11.3 Å². The van der Waals surface area contributed by atoms with Crippen LogP contribution in [0.2, 0.25) is 0 Å². The van der Waals surface area contributed by atoms with Gasteiger partial charge in [-0.05, 0) is 55.0 Å². The van der Waals surface area contributed by atoms with Crippen LogP contribution in [0.5, 0.6) is 0 Å². The first-order valence-corrected chi connectivity index (χ1v) is 11.7. The highest BCUT2D eigenvalue weighted by molar-refractivity contribution is 7.92. The predicted molar refractivity (Wildman–Crippen MR) is 107 cm³/mol. The third-order valence-corrected chi connectivity index (χ3v) is 7.21. The van der Waals surface area contributed by atoms with Crippen molar-refractivity contribution in [3.63, 3.8) is 0 Å². The quantitative estimate of drug-likeness (QED) is 0.637. The lowest BCUT2D eigenvalue weighted by molar-refractivity contribution is 0.591. The monoisotopic (exact) mass is 435 g/mol. The molecule has 0 saturated carbocycles. The van der Waals surface area contributed by atoms with Crippen LogP contribution in [0.15, 0.2) is 64.5 Å². The minimum absolute atomic E-state index is 0.0425. The number of rotatable bonds is 6. The van der Waals surface area contributed by atoms with E-state index in [-0.39, 0.29) is 21.2 Å². The van der Waals surface area contributed by atoms with Crippen molar-refractivity contribution in [1.29, 1.82) is 0 Å². The summed E-state index contributed by atoms with van der Waals surface area (Å²) in [5, 5.41) is 7.59. The SMILES string of the molecule is CCS(=O)(=O)c1ccc(-c2ccc(NS(=O)(=O)c3ccc(F)c(C)c3)cc2)nn1. The van der Waals surface area contributed by atoms with Gasteiger partial charge in [0.1, 0.15) is 5.82 Å². The molecule has 3 rings (SSSR count). The maximum absolute atomic E-state index is 13.4. The highest BCUT2D eigenvalue weighted by Crippen LogP contribution is 2.23. The molecule has 0 saturated heterocycles. The van der Waals surface area contributed by atoms with Crippen LogP contribution < -0.4 is 4.72 Å². The van der Waals surface area contributed by atoms with E-state index in [0.717, 1.165) is 6.07 Å². The van der Waals surface area contributed by atoms with Gasteiger partial charge in [0, 0.05) is 11.3 Å². The molecule has 1 N–H and O–H groups in total. The van der Waals surface area contributed by atoms with Crippen LogP contribution in [-0.4, -0.2) is 32.8 Å². The largest absolute Gasteiger partial charge is 0.280 e. The molecule has 0 radical (unpaired) electrons. The number of sulfonamides is 1. The highest BCUT2D eigenvalue weighted by atomic mass is 32.2. The van der Waals surface area contributed by atoms with E-state index in [1.807, 2.05) is 0 Å². The minimum atomic E-state index is -3.87. The molecule has 10 heteroatoms. The fourth-order valence-electron chi connectivity index (χ4n) is 2.50. The Morgan fingerprint density at radius 3 is 2.17 bits per heavy atom. The number of benzene rings is 2. The Morgan fingerprint density at radius 2 is 1.62 bits per heavy atom. The first-order chi connectivity index (χ1) is 13.6. The second-order valence-electron chi connectivity index (χ2n) is 6.25. The van der Waals surface area contributed by atoms with Crippen molar-refractivity contribution in [1.82, 2.24) is 10.2 Å². The molecule has 0 aliphatic heterocycles. The van der Waals surface area contributed by atoms with E-state index < -0.39 is 25.7 Å². The van der Waals surface area contributed by atoms with Gasteiger partial charge in [-0.15, -0.1) is 10.2 Å². The fourth-order valence-corrected chi connectivity index (χ4v) is 4.37. The van der Waals surface area contributed by atoms with Crippen LogP contribution in [-0.2, 0) is 19.9 Å². The minimum Gasteiger partial charge on any atom is -0.280 e. The predicted octanol–water partition coefficient (Wildman–Crippen LogP) is 3.19. The normalized spacial score (nSPS) is 12.0. The van der Waals surface area contributed by atoms with Gasteiger partial charge in [-0.1, -0.05) is 19.1 Å². The highest BCUT2D eigenvalue weighted by Gasteiger charge is 2.16. The van der Waals surface area contributed by atoms with E-state index in [9.17, 15) is 21.2 Å². The maximum atomic E-state index is 13.4. The van der Waals surface area contributed by atoms with E-state index in [4.69, 9.17) is 0 Å². The first kappa shape index (κ1) is 20.9. The number of nitrogens with zero attached hydrogens (tertiary/aromatic N) is 2. The molecule has 3 aromatic rings. The van der Waals surface area contributed by atoms with Gasteiger partial charge in [-0.25, -0.2) is 21.2 Å². The van der Waals surface area contributed by atoms with Gasteiger partial charge in [0.15, 0.2) is 14.9 Å². The fraction of sp³-hybridized carbons (Fsp3) is 0.158. The molecule has 152 valence electrons. The Bertz CT molecular complexity index is 1240. The van der Waals surface area contributed by atoms with Crippen LogP contribution in [0, 0.1) is 12.7 Å². The first-order valence-electron chi connectivity index (χ1n) is 8.58. The van der Waals surface area contributed by atoms with Crippen molar-refractivity contribution in [3.05, 3.63) is 66.0 Å². The van der Waals surface area contributed by atoms with Gasteiger partial charge < -0.3 is 0 Å². The summed E-state index contributed by atoms with van der Waals surface area (Å²) < 4.78 is 64.3. The third-order valence-electron chi connectivity index (χ3n) is 4.21. The van der Waals surface area contributed by atoms with Crippen molar-refractivity contribution in [3.8, 4) is 11.3 Å². The smallest absolute Gasteiger partial charge is 0.261 e. The molecule has 7 nitrogen and oxygen atoms in total. The summed E-state index contributed by atoms with van der Waals surface area (Å²) >= 11 is 0. The Hall–Kier alpha value is -2.85.